The summed E-state index contributed by atoms with van der Waals surface area (Å²) in [5.41, 5.74) is 2.10. The Morgan fingerprint density at radius 3 is 3.06 bits per heavy atom. The molecule has 0 spiro atoms. The fraction of sp³-hybridized carbons (Fsp3) is 0.143. The number of hydrogen-bond donors (Lipinski definition) is 1. The van der Waals surface area contributed by atoms with E-state index in [2.05, 4.69) is 6.08 Å². The minimum atomic E-state index is 0.0199. The van der Waals surface area contributed by atoms with Crippen LogP contribution in [-0.4, -0.2) is 11.2 Å². The van der Waals surface area contributed by atoms with Crippen LogP contribution in [0.15, 0.2) is 42.5 Å². The lowest BCUT2D eigenvalue weighted by atomic mass is 9.98. The van der Waals surface area contributed by atoms with Crippen molar-refractivity contribution in [1.29, 1.82) is 0 Å². The minimum absolute atomic E-state index is 0.0199. The van der Waals surface area contributed by atoms with Crippen molar-refractivity contribution < 1.29 is 9.84 Å². The van der Waals surface area contributed by atoms with Gasteiger partial charge in [-0.3, -0.25) is 0 Å². The molecule has 80 valence electrons. The van der Waals surface area contributed by atoms with E-state index in [1.54, 1.807) is 6.26 Å². The molecule has 0 radical (unpaired) electrons. The van der Waals surface area contributed by atoms with E-state index in [1.807, 2.05) is 36.4 Å². The Balaban J connectivity index is 2.33. The van der Waals surface area contributed by atoms with Gasteiger partial charge in [-0.25, -0.2) is 0 Å². The number of hydrogen-bond acceptors (Lipinski definition) is 2. The van der Waals surface area contributed by atoms with Crippen LogP contribution in [0.25, 0.3) is 11.8 Å². The highest BCUT2D eigenvalue weighted by Gasteiger charge is 2.15. The van der Waals surface area contributed by atoms with E-state index in [4.69, 9.17) is 9.84 Å². The molecule has 0 saturated heterocycles. The summed E-state index contributed by atoms with van der Waals surface area (Å²) < 4.78 is 5.62. The molecule has 2 aliphatic rings. The van der Waals surface area contributed by atoms with Gasteiger partial charge in [0.25, 0.3) is 0 Å². The van der Waals surface area contributed by atoms with Crippen molar-refractivity contribution in [1.82, 2.24) is 0 Å². The van der Waals surface area contributed by atoms with E-state index in [0.717, 1.165) is 21.6 Å². The van der Waals surface area contributed by atoms with E-state index in [-0.39, 0.29) is 12.7 Å². The fourth-order valence-corrected chi connectivity index (χ4v) is 2.09. The van der Waals surface area contributed by atoms with Gasteiger partial charge in [-0.1, -0.05) is 30.4 Å². The Morgan fingerprint density at radius 2 is 2.19 bits per heavy atom. The van der Waals surface area contributed by atoms with Crippen LogP contribution in [0, 0.1) is 0 Å². The standard InChI is InChI=1S/C14H12O2/c15-8-10-5-6-11-9-16-14-4-2-1-3-12(14)13(11)7-10/h1-7,9,14-15H,8H2. The number of fused-ring (bicyclic) bond motifs is 2. The van der Waals surface area contributed by atoms with Crippen molar-refractivity contribution in [3.8, 4) is 0 Å². The first-order valence-electron chi connectivity index (χ1n) is 5.33. The summed E-state index contributed by atoms with van der Waals surface area (Å²) in [6, 6.07) is 5.93. The average molecular weight is 212 g/mol. The summed E-state index contributed by atoms with van der Waals surface area (Å²) in [5, 5.41) is 11.4. The van der Waals surface area contributed by atoms with E-state index in [9.17, 15) is 0 Å². The van der Waals surface area contributed by atoms with Crippen LogP contribution in [0.1, 0.15) is 5.56 Å². The van der Waals surface area contributed by atoms with Crippen molar-refractivity contribution in [3.63, 3.8) is 0 Å². The van der Waals surface area contributed by atoms with Gasteiger partial charge in [0.1, 0.15) is 6.10 Å². The fourth-order valence-electron chi connectivity index (χ4n) is 2.09. The Hall–Kier alpha value is -1.80. The lowest BCUT2D eigenvalue weighted by molar-refractivity contribution is 0.274. The molecule has 1 atom stereocenters. The molecule has 0 bridgehead atoms. The third kappa shape index (κ3) is 1.39. The zero-order valence-electron chi connectivity index (χ0n) is 8.76. The van der Waals surface area contributed by atoms with E-state index in [1.165, 1.54) is 0 Å². The molecule has 1 aromatic rings. The van der Waals surface area contributed by atoms with Crippen LogP contribution in [0.2, 0.25) is 0 Å². The number of ether oxygens (including phenoxy) is 1. The van der Waals surface area contributed by atoms with Crippen LogP contribution in [0.3, 0.4) is 0 Å². The maximum atomic E-state index is 9.15. The number of benzene rings is 1. The van der Waals surface area contributed by atoms with Gasteiger partial charge >= 0.3 is 0 Å². The van der Waals surface area contributed by atoms with Gasteiger partial charge in [-0.2, -0.15) is 0 Å². The van der Waals surface area contributed by atoms with Crippen molar-refractivity contribution >= 4 is 11.8 Å². The molecule has 16 heavy (non-hydrogen) atoms. The van der Waals surface area contributed by atoms with Gasteiger partial charge in [-0.15, -0.1) is 0 Å². The lowest BCUT2D eigenvalue weighted by Gasteiger charge is -2.20. The van der Waals surface area contributed by atoms with E-state index >= 15 is 0 Å². The van der Waals surface area contributed by atoms with Crippen LogP contribution < -0.4 is 10.4 Å². The summed E-state index contributed by atoms with van der Waals surface area (Å²) in [6.45, 7) is 0.0750. The molecule has 1 unspecified atom stereocenters. The summed E-state index contributed by atoms with van der Waals surface area (Å²) in [4.78, 5) is 0. The predicted molar refractivity (Wildman–Crippen MR) is 62.6 cm³/mol. The number of aliphatic hydroxyl groups excluding tert-OH is 1. The van der Waals surface area contributed by atoms with Crippen molar-refractivity contribution in [3.05, 3.63) is 58.5 Å². The Bertz CT molecular complexity index is 594. The van der Waals surface area contributed by atoms with Gasteiger partial charge in [0.15, 0.2) is 0 Å². The summed E-state index contributed by atoms with van der Waals surface area (Å²) >= 11 is 0. The molecule has 1 aliphatic heterocycles. The van der Waals surface area contributed by atoms with E-state index in [0.29, 0.717) is 0 Å². The normalized spacial score (nSPS) is 20.8. The smallest absolute Gasteiger partial charge is 0.142 e. The zero-order chi connectivity index (χ0) is 11.0. The van der Waals surface area contributed by atoms with E-state index < -0.39 is 0 Å². The maximum Gasteiger partial charge on any atom is 0.142 e. The molecular weight excluding hydrogens is 200 g/mol. The zero-order valence-corrected chi connectivity index (χ0v) is 8.76. The summed E-state index contributed by atoms with van der Waals surface area (Å²) in [5.74, 6) is 0. The van der Waals surface area contributed by atoms with Gasteiger partial charge < -0.3 is 9.84 Å². The monoisotopic (exact) mass is 212 g/mol. The van der Waals surface area contributed by atoms with Crippen molar-refractivity contribution in [2.24, 2.45) is 0 Å². The van der Waals surface area contributed by atoms with Crippen molar-refractivity contribution in [2.75, 3.05) is 0 Å². The minimum Gasteiger partial charge on any atom is -0.489 e. The molecule has 2 heteroatoms. The van der Waals surface area contributed by atoms with Gasteiger partial charge in [0, 0.05) is 10.8 Å². The number of aliphatic hydroxyl groups is 1. The highest BCUT2D eigenvalue weighted by Crippen LogP contribution is 2.16. The second-order valence-corrected chi connectivity index (χ2v) is 3.95. The van der Waals surface area contributed by atoms with Crippen LogP contribution in [0.5, 0.6) is 0 Å². The second kappa shape index (κ2) is 3.65. The van der Waals surface area contributed by atoms with Crippen LogP contribution in [-0.2, 0) is 11.3 Å². The summed E-state index contributed by atoms with van der Waals surface area (Å²) in [6.07, 6.45) is 9.90. The molecule has 0 amide bonds. The number of rotatable bonds is 1. The quantitative estimate of drug-likeness (QED) is 0.738. The third-order valence-electron chi connectivity index (χ3n) is 2.93. The molecule has 0 saturated carbocycles. The van der Waals surface area contributed by atoms with Crippen LogP contribution in [0.4, 0.5) is 0 Å². The van der Waals surface area contributed by atoms with Crippen molar-refractivity contribution in [2.45, 2.75) is 12.7 Å². The Morgan fingerprint density at radius 1 is 1.25 bits per heavy atom. The molecule has 1 aliphatic carbocycles. The topological polar surface area (TPSA) is 29.5 Å². The largest absolute Gasteiger partial charge is 0.489 e. The molecule has 2 nitrogen and oxygen atoms in total. The number of allylic oxidation sites excluding steroid dienone is 2. The molecule has 0 fully saturated rings. The maximum absolute atomic E-state index is 9.15. The Labute approximate surface area is 93.5 Å². The van der Waals surface area contributed by atoms with Crippen LogP contribution >= 0.6 is 0 Å². The molecule has 1 heterocycles. The van der Waals surface area contributed by atoms with Gasteiger partial charge in [-0.05, 0) is 22.9 Å². The highest BCUT2D eigenvalue weighted by molar-refractivity contribution is 5.67. The predicted octanol–water partition coefficient (Wildman–Crippen LogP) is 0.592. The SMILES string of the molecule is OCc1ccc2c(c1)=C1C=CC=CC1OC=2. The Kier molecular flexibility index (Phi) is 2.15. The molecule has 1 aromatic carbocycles. The van der Waals surface area contributed by atoms with Gasteiger partial charge in [0.2, 0.25) is 0 Å². The summed E-state index contributed by atoms with van der Waals surface area (Å²) in [7, 11) is 0. The molecule has 0 aromatic heterocycles. The third-order valence-corrected chi connectivity index (χ3v) is 2.93. The first-order chi connectivity index (χ1) is 7.88. The van der Waals surface area contributed by atoms with Gasteiger partial charge in [0.05, 0.1) is 12.9 Å². The highest BCUT2D eigenvalue weighted by atomic mass is 16.5. The first-order valence-corrected chi connectivity index (χ1v) is 5.33. The average Bonchev–Trinajstić information content (AvgIpc) is 2.38. The second-order valence-electron chi connectivity index (χ2n) is 3.95. The molecular formula is C14H12O2. The first kappa shape index (κ1) is 9.43. The molecule has 3 rings (SSSR count). The lowest BCUT2D eigenvalue weighted by Crippen LogP contribution is -2.35. The molecule has 1 N–H and O–H groups in total.